The summed E-state index contributed by atoms with van der Waals surface area (Å²) in [5.41, 5.74) is 2.17. The molecule has 0 bridgehead atoms. The zero-order valence-corrected chi connectivity index (χ0v) is 11.8. The van der Waals surface area contributed by atoms with E-state index in [0.717, 1.165) is 18.4 Å². The number of benzene rings is 2. The summed E-state index contributed by atoms with van der Waals surface area (Å²) in [5.74, 6) is 0.505. The van der Waals surface area contributed by atoms with E-state index in [4.69, 9.17) is 11.6 Å². The van der Waals surface area contributed by atoms with E-state index in [-0.39, 0.29) is 11.6 Å². The van der Waals surface area contributed by atoms with Gasteiger partial charge in [0.1, 0.15) is 17.4 Å². The van der Waals surface area contributed by atoms with Gasteiger partial charge in [-0.2, -0.15) is 0 Å². The minimum Gasteiger partial charge on any atom is -0.508 e. The van der Waals surface area contributed by atoms with E-state index in [1.54, 1.807) is 18.2 Å². The van der Waals surface area contributed by atoms with Crippen molar-refractivity contribution in [2.45, 2.75) is 18.9 Å². The van der Waals surface area contributed by atoms with Crippen LogP contribution in [0.1, 0.15) is 18.9 Å². The zero-order valence-electron chi connectivity index (χ0n) is 11.1. The summed E-state index contributed by atoms with van der Waals surface area (Å²) in [7, 11) is 0. The normalized spacial score (nSPS) is 14.8. The molecule has 1 fully saturated rings. The van der Waals surface area contributed by atoms with Crippen molar-refractivity contribution in [2.75, 3.05) is 0 Å². The Labute approximate surface area is 125 Å². The lowest BCUT2D eigenvalue weighted by atomic mass is 10.2. The molecule has 3 nitrogen and oxygen atoms in total. The van der Waals surface area contributed by atoms with E-state index in [1.807, 2.05) is 0 Å². The number of fused-ring (bicyclic) bond motifs is 1. The SMILES string of the molecule is Oc1ccc(Cl)c(-c2nc3cc(F)ccc3n2C2CC2)c1. The summed E-state index contributed by atoms with van der Waals surface area (Å²) in [6.07, 6.45) is 2.15. The molecule has 4 rings (SSSR count). The van der Waals surface area contributed by atoms with Gasteiger partial charge in [0.25, 0.3) is 0 Å². The highest BCUT2D eigenvalue weighted by molar-refractivity contribution is 6.33. The fourth-order valence-corrected chi connectivity index (χ4v) is 2.85. The molecular formula is C16H12ClFN2O. The molecule has 1 saturated carbocycles. The maximum Gasteiger partial charge on any atom is 0.143 e. The van der Waals surface area contributed by atoms with Crippen molar-refractivity contribution in [3.63, 3.8) is 0 Å². The molecule has 1 N–H and O–H groups in total. The predicted molar refractivity (Wildman–Crippen MR) is 80.1 cm³/mol. The molecule has 0 amide bonds. The van der Waals surface area contributed by atoms with Gasteiger partial charge in [-0.15, -0.1) is 0 Å². The monoisotopic (exact) mass is 302 g/mol. The minimum absolute atomic E-state index is 0.134. The van der Waals surface area contributed by atoms with Gasteiger partial charge in [-0.05, 0) is 43.2 Å². The summed E-state index contributed by atoms with van der Waals surface area (Å²) >= 11 is 6.25. The molecule has 3 aromatic rings. The molecule has 1 aliphatic rings. The number of halogens is 2. The van der Waals surface area contributed by atoms with E-state index in [1.165, 1.54) is 18.2 Å². The predicted octanol–water partition coefficient (Wildman–Crippen LogP) is 4.54. The van der Waals surface area contributed by atoms with Crippen molar-refractivity contribution in [2.24, 2.45) is 0 Å². The van der Waals surface area contributed by atoms with E-state index in [2.05, 4.69) is 9.55 Å². The Kier molecular flexibility index (Phi) is 2.69. The molecule has 0 aliphatic heterocycles. The van der Waals surface area contributed by atoms with Gasteiger partial charge in [0.15, 0.2) is 0 Å². The average Bonchev–Trinajstić information content (AvgIpc) is 3.22. The van der Waals surface area contributed by atoms with Crippen LogP contribution in [0.3, 0.4) is 0 Å². The van der Waals surface area contributed by atoms with Crippen LogP contribution in [0, 0.1) is 5.82 Å². The highest BCUT2D eigenvalue weighted by atomic mass is 35.5. The van der Waals surface area contributed by atoms with Crippen LogP contribution in [0.5, 0.6) is 5.75 Å². The number of imidazole rings is 1. The summed E-state index contributed by atoms with van der Waals surface area (Å²) < 4.78 is 15.5. The second kappa shape index (κ2) is 4.46. The number of hydrogen-bond acceptors (Lipinski definition) is 2. The van der Waals surface area contributed by atoms with Crippen molar-refractivity contribution >= 4 is 22.6 Å². The Bertz CT molecular complexity index is 855. The molecule has 0 atom stereocenters. The van der Waals surface area contributed by atoms with Crippen molar-refractivity contribution in [1.29, 1.82) is 0 Å². The molecule has 1 aliphatic carbocycles. The van der Waals surface area contributed by atoms with Crippen molar-refractivity contribution in [3.05, 3.63) is 47.2 Å². The lowest BCUT2D eigenvalue weighted by Gasteiger charge is -2.09. The Balaban J connectivity index is 2.03. The van der Waals surface area contributed by atoms with Gasteiger partial charge in [-0.3, -0.25) is 0 Å². The Morgan fingerprint density at radius 3 is 2.76 bits per heavy atom. The Morgan fingerprint density at radius 1 is 1.19 bits per heavy atom. The lowest BCUT2D eigenvalue weighted by molar-refractivity contribution is 0.475. The molecule has 21 heavy (non-hydrogen) atoms. The Morgan fingerprint density at radius 2 is 2.00 bits per heavy atom. The number of aromatic nitrogens is 2. The van der Waals surface area contributed by atoms with Crippen LogP contribution in [0.4, 0.5) is 4.39 Å². The summed E-state index contributed by atoms with van der Waals surface area (Å²) in [4.78, 5) is 4.53. The second-order valence-corrected chi connectivity index (χ2v) is 5.74. The second-order valence-electron chi connectivity index (χ2n) is 5.33. The fourth-order valence-electron chi connectivity index (χ4n) is 2.65. The summed E-state index contributed by atoms with van der Waals surface area (Å²) in [6, 6.07) is 9.76. The first-order valence-electron chi connectivity index (χ1n) is 6.80. The molecule has 106 valence electrons. The van der Waals surface area contributed by atoms with E-state index in [9.17, 15) is 9.50 Å². The van der Waals surface area contributed by atoms with E-state index in [0.29, 0.717) is 28.0 Å². The van der Waals surface area contributed by atoms with Crippen LogP contribution in [-0.2, 0) is 0 Å². The third-order valence-corrected chi connectivity index (χ3v) is 4.08. The van der Waals surface area contributed by atoms with Crippen LogP contribution in [0.15, 0.2) is 36.4 Å². The molecule has 0 unspecified atom stereocenters. The first-order chi connectivity index (χ1) is 10.1. The van der Waals surface area contributed by atoms with E-state index < -0.39 is 0 Å². The maximum atomic E-state index is 13.4. The van der Waals surface area contributed by atoms with Gasteiger partial charge < -0.3 is 9.67 Å². The summed E-state index contributed by atoms with van der Waals surface area (Å²) in [6.45, 7) is 0. The molecule has 5 heteroatoms. The molecule has 0 spiro atoms. The van der Waals surface area contributed by atoms with Gasteiger partial charge in [0, 0.05) is 17.7 Å². The largest absolute Gasteiger partial charge is 0.508 e. The first kappa shape index (κ1) is 12.7. The molecule has 2 aromatic carbocycles. The number of phenols is 1. The van der Waals surface area contributed by atoms with Crippen molar-refractivity contribution in [1.82, 2.24) is 9.55 Å². The first-order valence-corrected chi connectivity index (χ1v) is 7.17. The number of phenolic OH excluding ortho intramolecular Hbond substituents is 1. The quantitative estimate of drug-likeness (QED) is 0.755. The van der Waals surface area contributed by atoms with Crippen LogP contribution < -0.4 is 0 Å². The van der Waals surface area contributed by atoms with Crippen molar-refractivity contribution in [3.8, 4) is 17.1 Å². The number of hydrogen-bond donors (Lipinski definition) is 1. The molecule has 0 radical (unpaired) electrons. The Hall–Kier alpha value is -2.07. The van der Waals surface area contributed by atoms with Gasteiger partial charge in [0.2, 0.25) is 0 Å². The third-order valence-electron chi connectivity index (χ3n) is 3.75. The van der Waals surface area contributed by atoms with Gasteiger partial charge in [0.05, 0.1) is 16.1 Å². The standard InChI is InChI=1S/C16H12ClFN2O/c17-13-5-4-11(21)8-12(13)16-19-14-7-9(18)1-6-15(14)20(16)10-2-3-10/h1,4-8,10,21H,2-3H2. The van der Waals surface area contributed by atoms with Gasteiger partial charge in [-0.25, -0.2) is 9.37 Å². The maximum absolute atomic E-state index is 13.4. The number of nitrogens with zero attached hydrogens (tertiary/aromatic N) is 2. The topological polar surface area (TPSA) is 38.1 Å². The van der Waals surface area contributed by atoms with Crippen LogP contribution in [0.25, 0.3) is 22.4 Å². The van der Waals surface area contributed by atoms with Crippen LogP contribution in [0.2, 0.25) is 5.02 Å². The van der Waals surface area contributed by atoms with Gasteiger partial charge >= 0.3 is 0 Å². The number of rotatable bonds is 2. The third kappa shape index (κ3) is 2.07. The minimum atomic E-state index is -0.309. The highest BCUT2D eigenvalue weighted by Gasteiger charge is 2.29. The van der Waals surface area contributed by atoms with Crippen LogP contribution in [-0.4, -0.2) is 14.7 Å². The number of aromatic hydroxyl groups is 1. The zero-order chi connectivity index (χ0) is 14.6. The van der Waals surface area contributed by atoms with Crippen molar-refractivity contribution < 1.29 is 9.50 Å². The van der Waals surface area contributed by atoms with Crippen LogP contribution >= 0.6 is 11.6 Å². The smallest absolute Gasteiger partial charge is 0.143 e. The average molecular weight is 303 g/mol. The molecule has 1 heterocycles. The van der Waals surface area contributed by atoms with Gasteiger partial charge in [-0.1, -0.05) is 11.6 Å². The fraction of sp³-hybridized carbons (Fsp3) is 0.188. The molecular weight excluding hydrogens is 291 g/mol. The highest BCUT2D eigenvalue weighted by Crippen LogP contribution is 2.43. The summed E-state index contributed by atoms with van der Waals surface area (Å²) in [5, 5.41) is 10.2. The molecule has 0 saturated heterocycles. The molecule has 1 aromatic heterocycles. The van der Waals surface area contributed by atoms with E-state index >= 15 is 0 Å². The lowest BCUT2D eigenvalue weighted by Crippen LogP contribution is -1.97.